The number of hydrogen-bond acceptors (Lipinski definition) is 7. The Hall–Kier alpha value is -3.52. The van der Waals surface area contributed by atoms with E-state index in [1.54, 1.807) is 0 Å². The van der Waals surface area contributed by atoms with Crippen LogP contribution >= 0.6 is 0 Å². The van der Waals surface area contributed by atoms with Gasteiger partial charge in [-0.2, -0.15) is 0 Å². The van der Waals surface area contributed by atoms with Gasteiger partial charge in [-0.15, -0.1) is 10.2 Å². The number of aromatic amines is 1. The van der Waals surface area contributed by atoms with Gasteiger partial charge in [-0.1, -0.05) is 43.7 Å². The Kier molecular flexibility index (Phi) is 7.46. The summed E-state index contributed by atoms with van der Waals surface area (Å²) >= 11 is 0. The van der Waals surface area contributed by atoms with Crippen molar-refractivity contribution in [3.63, 3.8) is 0 Å². The van der Waals surface area contributed by atoms with Crippen LogP contribution in [0.3, 0.4) is 0 Å². The molecule has 3 atom stereocenters. The highest BCUT2D eigenvalue weighted by Gasteiger charge is 2.34. The lowest BCUT2D eigenvalue weighted by Gasteiger charge is -2.41. The van der Waals surface area contributed by atoms with Crippen LogP contribution in [0.1, 0.15) is 44.5 Å². The minimum Gasteiger partial charge on any atom is -0.425 e. The SMILES string of the molecule is CC1=C[C@@H](CN2CCN(c3ncccn3)CC2)[C@H](C(C)C)C[C@H]1Cc1nnc(Cc2c[nH]c3ccccc23)o1. The van der Waals surface area contributed by atoms with Gasteiger partial charge in [-0.05, 0) is 54.7 Å². The normalized spacial score (nSPS) is 22.5. The molecule has 204 valence electrons. The van der Waals surface area contributed by atoms with Crippen molar-refractivity contribution < 1.29 is 4.42 Å². The van der Waals surface area contributed by atoms with Crippen molar-refractivity contribution >= 4 is 16.9 Å². The number of nitrogens with one attached hydrogen (secondary N) is 1. The summed E-state index contributed by atoms with van der Waals surface area (Å²) in [4.78, 5) is 17.1. The number of piperazine rings is 1. The molecular weight excluding hydrogens is 486 g/mol. The Labute approximate surface area is 230 Å². The number of aromatic nitrogens is 5. The van der Waals surface area contributed by atoms with Gasteiger partial charge in [-0.25, -0.2) is 9.97 Å². The molecule has 0 bridgehead atoms. The fraction of sp³-hybridized carbons (Fsp3) is 0.484. The van der Waals surface area contributed by atoms with Crippen molar-refractivity contribution in [3.05, 3.63) is 77.9 Å². The number of allylic oxidation sites excluding steroid dienone is 1. The average molecular weight is 526 g/mol. The first-order chi connectivity index (χ1) is 19.0. The maximum absolute atomic E-state index is 6.16. The van der Waals surface area contributed by atoms with Gasteiger partial charge in [0.2, 0.25) is 17.7 Å². The molecule has 0 unspecified atom stereocenters. The summed E-state index contributed by atoms with van der Waals surface area (Å²) in [5.74, 6) is 4.57. The number of para-hydroxylation sites is 1. The van der Waals surface area contributed by atoms with E-state index in [4.69, 9.17) is 4.42 Å². The first kappa shape index (κ1) is 25.7. The van der Waals surface area contributed by atoms with Crippen molar-refractivity contribution in [2.45, 2.75) is 40.0 Å². The van der Waals surface area contributed by atoms with Gasteiger partial charge in [0.15, 0.2) is 0 Å². The first-order valence-electron chi connectivity index (χ1n) is 14.3. The van der Waals surface area contributed by atoms with Crippen LogP contribution in [0.2, 0.25) is 0 Å². The van der Waals surface area contributed by atoms with Gasteiger partial charge in [0.05, 0.1) is 6.42 Å². The van der Waals surface area contributed by atoms with Crippen LogP contribution in [-0.2, 0) is 12.8 Å². The van der Waals surface area contributed by atoms with Crippen molar-refractivity contribution in [2.24, 2.45) is 23.7 Å². The summed E-state index contributed by atoms with van der Waals surface area (Å²) in [6, 6.07) is 10.2. The third-order valence-corrected chi connectivity index (χ3v) is 8.71. The van der Waals surface area contributed by atoms with E-state index in [9.17, 15) is 0 Å². The van der Waals surface area contributed by atoms with E-state index in [0.29, 0.717) is 36.0 Å². The molecule has 0 saturated carbocycles. The molecule has 39 heavy (non-hydrogen) atoms. The van der Waals surface area contributed by atoms with Crippen LogP contribution < -0.4 is 4.90 Å². The van der Waals surface area contributed by atoms with Crippen molar-refractivity contribution in [3.8, 4) is 0 Å². The van der Waals surface area contributed by atoms with Crippen LogP contribution in [0.5, 0.6) is 0 Å². The number of H-pyrrole nitrogens is 1. The van der Waals surface area contributed by atoms with Crippen molar-refractivity contribution in [2.75, 3.05) is 37.6 Å². The molecule has 1 aromatic carbocycles. The highest BCUT2D eigenvalue weighted by Crippen LogP contribution is 2.39. The molecule has 1 aliphatic carbocycles. The lowest BCUT2D eigenvalue weighted by molar-refractivity contribution is 0.154. The van der Waals surface area contributed by atoms with Crippen LogP contribution in [0.25, 0.3) is 10.9 Å². The molecule has 0 amide bonds. The Bertz CT molecular complexity index is 1400. The van der Waals surface area contributed by atoms with E-state index in [-0.39, 0.29) is 0 Å². The van der Waals surface area contributed by atoms with E-state index in [1.165, 1.54) is 22.9 Å². The maximum Gasteiger partial charge on any atom is 0.225 e. The number of benzene rings is 1. The van der Waals surface area contributed by atoms with Crippen LogP contribution in [-0.4, -0.2) is 62.8 Å². The molecule has 0 spiro atoms. The second kappa shape index (κ2) is 11.3. The number of hydrogen-bond donors (Lipinski definition) is 1. The van der Waals surface area contributed by atoms with Crippen molar-refractivity contribution in [1.29, 1.82) is 0 Å². The summed E-state index contributed by atoms with van der Waals surface area (Å²) in [6.45, 7) is 12.2. The molecule has 8 nitrogen and oxygen atoms in total. The molecule has 1 fully saturated rings. The summed E-state index contributed by atoms with van der Waals surface area (Å²) in [5.41, 5.74) is 3.79. The molecule has 1 saturated heterocycles. The monoisotopic (exact) mass is 525 g/mol. The third-order valence-electron chi connectivity index (χ3n) is 8.71. The number of fused-ring (bicyclic) bond motifs is 1. The minimum atomic E-state index is 0.446. The van der Waals surface area contributed by atoms with Gasteiger partial charge in [-0.3, -0.25) is 4.90 Å². The largest absolute Gasteiger partial charge is 0.425 e. The van der Waals surface area contributed by atoms with Crippen LogP contribution in [0.15, 0.2) is 65.0 Å². The van der Waals surface area contributed by atoms with E-state index < -0.39 is 0 Å². The zero-order valence-corrected chi connectivity index (χ0v) is 23.3. The fourth-order valence-corrected chi connectivity index (χ4v) is 6.46. The van der Waals surface area contributed by atoms with E-state index in [0.717, 1.165) is 56.5 Å². The van der Waals surface area contributed by atoms with Gasteiger partial charge in [0.25, 0.3) is 0 Å². The second-order valence-corrected chi connectivity index (χ2v) is 11.6. The van der Waals surface area contributed by atoms with Gasteiger partial charge >= 0.3 is 0 Å². The predicted molar refractivity (Wildman–Crippen MR) is 153 cm³/mol. The van der Waals surface area contributed by atoms with Gasteiger partial charge in [0, 0.05) is 68.6 Å². The van der Waals surface area contributed by atoms with E-state index >= 15 is 0 Å². The first-order valence-corrected chi connectivity index (χ1v) is 14.3. The Morgan fingerprint density at radius 1 is 1.00 bits per heavy atom. The summed E-state index contributed by atoms with van der Waals surface area (Å²) < 4.78 is 6.16. The highest BCUT2D eigenvalue weighted by molar-refractivity contribution is 5.83. The van der Waals surface area contributed by atoms with Gasteiger partial charge in [0.1, 0.15) is 0 Å². The minimum absolute atomic E-state index is 0.446. The topological polar surface area (TPSA) is 87.0 Å². The molecule has 2 aliphatic rings. The van der Waals surface area contributed by atoms with Crippen LogP contribution in [0.4, 0.5) is 5.95 Å². The predicted octanol–water partition coefficient (Wildman–Crippen LogP) is 5.15. The average Bonchev–Trinajstić information content (AvgIpc) is 3.58. The molecule has 1 N–H and O–H groups in total. The molecule has 3 aromatic heterocycles. The molecular formula is C31H39N7O. The maximum atomic E-state index is 6.16. The number of anilines is 1. The Morgan fingerprint density at radius 2 is 1.77 bits per heavy atom. The molecule has 4 aromatic rings. The number of nitrogens with zero attached hydrogens (tertiary/aromatic N) is 6. The highest BCUT2D eigenvalue weighted by atomic mass is 16.4. The Balaban J connectivity index is 1.08. The second-order valence-electron chi connectivity index (χ2n) is 11.6. The van der Waals surface area contributed by atoms with Crippen LogP contribution in [0, 0.1) is 23.7 Å². The van der Waals surface area contributed by atoms with Gasteiger partial charge < -0.3 is 14.3 Å². The summed E-state index contributed by atoms with van der Waals surface area (Å²) in [7, 11) is 0. The van der Waals surface area contributed by atoms with Crippen molar-refractivity contribution in [1.82, 2.24) is 30.0 Å². The summed E-state index contributed by atoms with van der Waals surface area (Å²) in [5, 5.41) is 10.0. The lowest BCUT2D eigenvalue weighted by Crippen LogP contribution is -2.49. The van der Waals surface area contributed by atoms with E-state index in [1.807, 2.05) is 30.7 Å². The molecule has 4 heterocycles. The fourth-order valence-electron chi connectivity index (χ4n) is 6.46. The third kappa shape index (κ3) is 5.76. The summed E-state index contributed by atoms with van der Waals surface area (Å²) in [6.07, 6.45) is 10.9. The molecule has 0 radical (unpaired) electrons. The molecule has 6 rings (SSSR count). The standard InChI is InChI=1S/C31H39N7O/c1-21(2)27-16-23(17-29-35-36-30(39-29)18-24-19-34-28-8-5-4-7-26(24)28)22(3)15-25(27)20-37-11-13-38(14-12-37)31-32-9-6-10-33-31/h4-10,15,19,21,23,25,27,34H,11-14,16-18,20H2,1-3H3/t23-,25-,27-/m0/s1. The Morgan fingerprint density at radius 3 is 2.56 bits per heavy atom. The quantitative estimate of drug-likeness (QED) is 0.318. The van der Waals surface area contributed by atoms with E-state index in [2.05, 4.69) is 80.0 Å². The zero-order chi connectivity index (χ0) is 26.8. The zero-order valence-electron chi connectivity index (χ0n) is 23.3. The molecule has 1 aliphatic heterocycles. The smallest absolute Gasteiger partial charge is 0.225 e. The molecule has 8 heteroatoms. The lowest BCUT2D eigenvalue weighted by atomic mass is 9.69. The number of rotatable bonds is 8.